The molecule has 2 aromatic rings. The van der Waals surface area contributed by atoms with E-state index in [4.69, 9.17) is 5.84 Å². The summed E-state index contributed by atoms with van der Waals surface area (Å²) in [5.74, 6) is 6.53. The molecular formula is C14H23N5OS. The number of nitrogens with zero attached hydrogens (tertiary/aromatic N) is 2. The Morgan fingerprint density at radius 1 is 1.29 bits per heavy atom. The lowest BCUT2D eigenvalue weighted by Gasteiger charge is -2.25. The summed E-state index contributed by atoms with van der Waals surface area (Å²) in [4.78, 5) is 10.9. The molecule has 0 amide bonds. The van der Waals surface area contributed by atoms with Gasteiger partial charge in [-0.2, -0.15) is 4.98 Å². The average Bonchev–Trinajstić information content (AvgIpc) is 2.95. The van der Waals surface area contributed by atoms with E-state index in [1.807, 2.05) is 13.8 Å². The smallest absolute Gasteiger partial charge is 0.240 e. The highest BCUT2D eigenvalue weighted by Gasteiger charge is 2.22. The second-order valence-electron chi connectivity index (χ2n) is 5.11. The first-order chi connectivity index (χ1) is 10.0. The second kappa shape index (κ2) is 6.55. The Balaban J connectivity index is 2.34. The van der Waals surface area contributed by atoms with E-state index in [-0.39, 0.29) is 0 Å². The maximum Gasteiger partial charge on any atom is 0.240 e. The molecule has 0 bridgehead atoms. The Morgan fingerprint density at radius 3 is 2.57 bits per heavy atom. The van der Waals surface area contributed by atoms with Gasteiger partial charge >= 0.3 is 0 Å². The number of thiophene rings is 1. The van der Waals surface area contributed by atoms with Crippen LogP contribution in [0.2, 0.25) is 0 Å². The van der Waals surface area contributed by atoms with Crippen molar-refractivity contribution in [2.45, 2.75) is 45.6 Å². The van der Waals surface area contributed by atoms with E-state index in [9.17, 15) is 5.11 Å². The van der Waals surface area contributed by atoms with E-state index >= 15 is 0 Å². The first kappa shape index (κ1) is 15.9. The van der Waals surface area contributed by atoms with Gasteiger partial charge in [-0.25, -0.2) is 10.8 Å². The molecule has 0 saturated heterocycles. The lowest BCUT2D eigenvalue weighted by Crippen LogP contribution is -2.35. The van der Waals surface area contributed by atoms with Crippen LogP contribution in [-0.2, 0) is 6.42 Å². The standard InChI is InChI=1S/C14H23N5OS/c1-4-9-7-10-11(16-8-14(20,5-2)6-3)17-13(19-15)18-12(10)21-9/h7,20H,4-6,8,15H2,1-3H3,(H2,16,17,18,19). The van der Waals surface area contributed by atoms with E-state index < -0.39 is 5.60 Å². The van der Waals surface area contributed by atoms with Crippen LogP contribution < -0.4 is 16.6 Å². The minimum Gasteiger partial charge on any atom is -0.388 e. The molecule has 0 aromatic carbocycles. The molecule has 6 nitrogen and oxygen atoms in total. The topological polar surface area (TPSA) is 96.1 Å². The maximum atomic E-state index is 10.4. The van der Waals surface area contributed by atoms with Crippen molar-refractivity contribution < 1.29 is 5.11 Å². The van der Waals surface area contributed by atoms with Gasteiger partial charge in [-0.15, -0.1) is 11.3 Å². The zero-order valence-electron chi connectivity index (χ0n) is 12.7. The summed E-state index contributed by atoms with van der Waals surface area (Å²) in [7, 11) is 0. The van der Waals surface area contributed by atoms with Gasteiger partial charge in [-0.05, 0) is 25.3 Å². The lowest BCUT2D eigenvalue weighted by atomic mass is 9.98. The van der Waals surface area contributed by atoms with Gasteiger partial charge in [0.25, 0.3) is 0 Å². The molecule has 0 aliphatic heterocycles. The highest BCUT2D eigenvalue weighted by molar-refractivity contribution is 7.18. The first-order valence-corrected chi connectivity index (χ1v) is 8.10. The molecule has 0 aliphatic carbocycles. The number of rotatable bonds is 7. The van der Waals surface area contributed by atoms with Crippen molar-refractivity contribution >= 4 is 33.3 Å². The molecule has 116 valence electrons. The Hall–Kier alpha value is -1.44. The minimum absolute atomic E-state index is 0.381. The molecule has 2 heterocycles. The Kier molecular flexibility index (Phi) is 4.97. The number of fused-ring (bicyclic) bond motifs is 1. The van der Waals surface area contributed by atoms with Gasteiger partial charge in [-0.3, -0.25) is 5.43 Å². The molecule has 2 rings (SSSR count). The highest BCUT2D eigenvalue weighted by atomic mass is 32.1. The number of aryl methyl sites for hydroxylation is 1. The van der Waals surface area contributed by atoms with Crippen LogP contribution in [-0.4, -0.2) is 27.2 Å². The quantitative estimate of drug-likeness (QED) is 0.463. The molecule has 2 aromatic heterocycles. The third kappa shape index (κ3) is 3.42. The number of nitrogen functional groups attached to an aromatic ring is 1. The van der Waals surface area contributed by atoms with Crippen LogP contribution in [0.4, 0.5) is 11.8 Å². The van der Waals surface area contributed by atoms with E-state index in [0.717, 1.165) is 16.6 Å². The van der Waals surface area contributed by atoms with Crippen molar-refractivity contribution in [3.05, 3.63) is 10.9 Å². The normalized spacial score (nSPS) is 11.9. The predicted octanol–water partition coefficient (Wildman–Crippen LogP) is 2.50. The van der Waals surface area contributed by atoms with Crippen molar-refractivity contribution in [3.8, 4) is 0 Å². The van der Waals surface area contributed by atoms with Crippen LogP contribution in [0.3, 0.4) is 0 Å². The van der Waals surface area contributed by atoms with Gasteiger partial charge in [0.15, 0.2) is 0 Å². The molecule has 5 N–H and O–H groups in total. The van der Waals surface area contributed by atoms with Crippen LogP contribution in [0.25, 0.3) is 10.2 Å². The van der Waals surface area contributed by atoms with Crippen molar-refractivity contribution in [2.24, 2.45) is 5.84 Å². The summed E-state index contributed by atoms with van der Waals surface area (Å²) in [6.45, 7) is 6.52. The summed E-state index contributed by atoms with van der Waals surface area (Å²) in [6.07, 6.45) is 2.34. The Morgan fingerprint density at radius 2 is 2.00 bits per heavy atom. The van der Waals surface area contributed by atoms with E-state index in [0.29, 0.717) is 31.2 Å². The van der Waals surface area contributed by atoms with E-state index in [2.05, 4.69) is 33.7 Å². The molecule has 0 atom stereocenters. The molecule has 0 fully saturated rings. The number of nitrogens with two attached hydrogens (primary N) is 1. The number of aromatic nitrogens is 2. The van der Waals surface area contributed by atoms with Crippen molar-refractivity contribution in [1.82, 2.24) is 9.97 Å². The fourth-order valence-electron chi connectivity index (χ4n) is 2.09. The van der Waals surface area contributed by atoms with Crippen LogP contribution in [0.15, 0.2) is 6.07 Å². The second-order valence-corrected chi connectivity index (χ2v) is 6.23. The molecule has 21 heavy (non-hydrogen) atoms. The van der Waals surface area contributed by atoms with Crippen molar-refractivity contribution in [2.75, 3.05) is 17.3 Å². The summed E-state index contributed by atoms with van der Waals surface area (Å²) < 4.78 is 0. The molecule has 7 heteroatoms. The highest BCUT2D eigenvalue weighted by Crippen LogP contribution is 2.30. The SMILES string of the molecule is CCc1cc2c(NCC(O)(CC)CC)nc(NN)nc2s1. The van der Waals surface area contributed by atoms with Crippen LogP contribution >= 0.6 is 11.3 Å². The molecule has 0 aliphatic rings. The van der Waals surface area contributed by atoms with Gasteiger partial charge in [-0.1, -0.05) is 20.8 Å². The Labute approximate surface area is 128 Å². The van der Waals surface area contributed by atoms with E-state index in [1.165, 1.54) is 4.88 Å². The third-order valence-electron chi connectivity index (χ3n) is 3.82. The summed E-state index contributed by atoms with van der Waals surface area (Å²) in [6, 6.07) is 2.10. The number of anilines is 2. The molecule has 0 radical (unpaired) electrons. The van der Waals surface area contributed by atoms with Crippen molar-refractivity contribution in [3.63, 3.8) is 0 Å². The zero-order valence-corrected chi connectivity index (χ0v) is 13.5. The summed E-state index contributed by atoms with van der Waals surface area (Å²) in [5, 5.41) is 14.6. The fraction of sp³-hybridized carbons (Fsp3) is 0.571. The largest absolute Gasteiger partial charge is 0.388 e. The van der Waals surface area contributed by atoms with Gasteiger partial charge in [0, 0.05) is 11.4 Å². The van der Waals surface area contributed by atoms with E-state index in [1.54, 1.807) is 11.3 Å². The lowest BCUT2D eigenvalue weighted by molar-refractivity contribution is 0.0456. The van der Waals surface area contributed by atoms with Gasteiger partial charge in [0.2, 0.25) is 5.95 Å². The number of nitrogens with one attached hydrogen (secondary N) is 2. The molecular weight excluding hydrogens is 286 g/mol. The molecule has 0 unspecified atom stereocenters. The van der Waals surface area contributed by atoms with Crippen molar-refractivity contribution in [1.29, 1.82) is 0 Å². The average molecular weight is 309 g/mol. The fourth-order valence-corrected chi connectivity index (χ4v) is 3.06. The first-order valence-electron chi connectivity index (χ1n) is 7.28. The zero-order chi connectivity index (χ0) is 15.5. The van der Waals surface area contributed by atoms with Gasteiger partial charge in [0.1, 0.15) is 10.6 Å². The number of hydrogen-bond acceptors (Lipinski definition) is 7. The van der Waals surface area contributed by atoms with Gasteiger partial charge < -0.3 is 10.4 Å². The van der Waals surface area contributed by atoms with Gasteiger partial charge in [0.05, 0.1) is 11.0 Å². The molecule has 0 saturated carbocycles. The third-order valence-corrected chi connectivity index (χ3v) is 5.00. The van der Waals surface area contributed by atoms with Crippen LogP contribution in [0, 0.1) is 0 Å². The Bertz CT molecular complexity index is 609. The maximum absolute atomic E-state index is 10.4. The minimum atomic E-state index is -0.725. The summed E-state index contributed by atoms with van der Waals surface area (Å²) >= 11 is 1.64. The predicted molar refractivity (Wildman–Crippen MR) is 88.6 cm³/mol. The summed E-state index contributed by atoms with van der Waals surface area (Å²) in [5.41, 5.74) is 1.77. The molecule has 0 spiro atoms. The number of hydrazine groups is 1. The monoisotopic (exact) mass is 309 g/mol. The number of aliphatic hydroxyl groups is 1. The number of hydrogen-bond donors (Lipinski definition) is 4. The van der Waals surface area contributed by atoms with Crippen LogP contribution in [0.5, 0.6) is 0 Å². The van der Waals surface area contributed by atoms with Crippen LogP contribution in [0.1, 0.15) is 38.5 Å².